The molecule has 2 aromatic heterocycles. The van der Waals surface area contributed by atoms with Crippen molar-refractivity contribution in [2.45, 2.75) is 0 Å². The minimum atomic E-state index is 0.525. The fourth-order valence-corrected chi connectivity index (χ4v) is 3.45. The fraction of sp³-hybridized carbons (Fsp3) is 0.0476. The number of nitrogens with zero attached hydrogens (tertiary/aromatic N) is 3. The number of para-hydroxylation sites is 2. The molecule has 5 rings (SSSR count). The molecular weight excluding hydrogens is 310 g/mol. The van der Waals surface area contributed by atoms with Crippen LogP contribution in [-0.4, -0.2) is 4.57 Å². The average Bonchev–Trinajstić information content (AvgIpc) is 3.19. The first-order valence-electron chi connectivity index (χ1n) is 7.99. The first kappa shape index (κ1) is 13.8. The van der Waals surface area contributed by atoms with Crippen molar-refractivity contribution in [1.82, 2.24) is 4.57 Å². The number of fused-ring (bicyclic) bond motifs is 4. The molecule has 0 spiro atoms. The number of furan rings is 1. The van der Waals surface area contributed by atoms with Crippen LogP contribution in [-0.2, 0) is 7.05 Å². The number of hydrogen-bond donors (Lipinski definition) is 0. The van der Waals surface area contributed by atoms with Crippen LogP contribution in [0.3, 0.4) is 0 Å². The summed E-state index contributed by atoms with van der Waals surface area (Å²) in [5.41, 5.74) is 4.74. The highest BCUT2D eigenvalue weighted by Crippen LogP contribution is 2.39. The fourth-order valence-electron chi connectivity index (χ4n) is 3.45. The van der Waals surface area contributed by atoms with Gasteiger partial charge in [0.1, 0.15) is 11.2 Å². The van der Waals surface area contributed by atoms with Gasteiger partial charge in [0.2, 0.25) is 12.0 Å². The van der Waals surface area contributed by atoms with E-state index in [4.69, 9.17) is 11.0 Å². The van der Waals surface area contributed by atoms with Crippen molar-refractivity contribution in [1.29, 1.82) is 0 Å². The van der Waals surface area contributed by atoms with Gasteiger partial charge in [0.25, 0.3) is 0 Å². The minimum absolute atomic E-state index is 0.525. The van der Waals surface area contributed by atoms with E-state index in [1.165, 1.54) is 0 Å². The Labute approximate surface area is 144 Å². The summed E-state index contributed by atoms with van der Waals surface area (Å²) in [6, 6.07) is 20.0. The minimum Gasteiger partial charge on any atom is -0.468 e. The van der Waals surface area contributed by atoms with Gasteiger partial charge in [-0.2, -0.15) is 0 Å². The molecule has 0 bridgehead atoms. The molecule has 4 heteroatoms. The third-order valence-electron chi connectivity index (χ3n) is 4.55. The van der Waals surface area contributed by atoms with Crippen LogP contribution < -0.4 is 4.57 Å². The van der Waals surface area contributed by atoms with Crippen molar-refractivity contribution < 1.29 is 8.98 Å². The summed E-state index contributed by atoms with van der Waals surface area (Å²) in [6.07, 6.45) is 3.30. The number of benzene rings is 3. The van der Waals surface area contributed by atoms with Gasteiger partial charge in [-0.1, -0.05) is 54.6 Å². The Morgan fingerprint density at radius 1 is 1.04 bits per heavy atom. The lowest BCUT2D eigenvalue weighted by Gasteiger charge is -2.05. The highest BCUT2D eigenvalue weighted by atomic mass is 16.3. The molecule has 0 amide bonds. The predicted molar refractivity (Wildman–Crippen MR) is 96.8 cm³/mol. The van der Waals surface area contributed by atoms with Crippen molar-refractivity contribution in [3.63, 3.8) is 0 Å². The van der Waals surface area contributed by atoms with Crippen LogP contribution in [0.25, 0.3) is 43.5 Å². The van der Waals surface area contributed by atoms with Gasteiger partial charge in [0.15, 0.2) is 0 Å². The molecule has 3 aromatic carbocycles. The summed E-state index contributed by atoms with van der Waals surface area (Å²) >= 11 is 0. The third kappa shape index (κ3) is 1.84. The summed E-state index contributed by atoms with van der Waals surface area (Å²) in [5.74, 6) is 0. The summed E-state index contributed by atoms with van der Waals surface area (Å²) in [6.45, 7) is 7.72. The number of aromatic nitrogens is 2. The van der Waals surface area contributed by atoms with Gasteiger partial charge in [-0.25, -0.2) is 4.85 Å². The molecule has 2 heterocycles. The maximum atomic E-state index is 7.72. The third-order valence-corrected chi connectivity index (χ3v) is 4.55. The standard InChI is InChI=1S/C21H13N3O/c1-22-19-20-17(24(13-23(20)2)14-8-4-3-5-9-14)12-16-15-10-6-7-11-18(15)25-21(16)19/h3-12H,2H3. The first-order chi connectivity index (χ1) is 12.3. The first-order valence-corrected chi connectivity index (χ1v) is 7.99. The van der Waals surface area contributed by atoms with Crippen LogP contribution in [0.4, 0.5) is 5.69 Å². The molecule has 0 N–H and O–H groups in total. The summed E-state index contributed by atoms with van der Waals surface area (Å²) in [4.78, 5) is 3.79. The Hall–Kier alpha value is -3.58. The topological polar surface area (TPSA) is 26.3 Å². The van der Waals surface area contributed by atoms with Crippen molar-refractivity contribution in [2.24, 2.45) is 7.05 Å². The molecule has 0 aliphatic carbocycles. The maximum absolute atomic E-state index is 7.72. The second-order valence-corrected chi connectivity index (χ2v) is 6.01. The second kappa shape index (κ2) is 4.96. The second-order valence-electron chi connectivity index (χ2n) is 6.01. The zero-order valence-corrected chi connectivity index (χ0v) is 13.5. The van der Waals surface area contributed by atoms with Gasteiger partial charge in [-0.05, 0) is 6.07 Å². The van der Waals surface area contributed by atoms with E-state index in [2.05, 4.69) is 17.2 Å². The van der Waals surface area contributed by atoms with Gasteiger partial charge in [-0.3, -0.25) is 0 Å². The van der Waals surface area contributed by atoms with Crippen LogP contribution >= 0.6 is 0 Å². The van der Waals surface area contributed by atoms with Crippen molar-refractivity contribution in [2.75, 3.05) is 0 Å². The molecule has 4 nitrogen and oxygen atoms in total. The Balaban J connectivity index is 2.01. The molecule has 0 aliphatic rings. The van der Waals surface area contributed by atoms with Crippen LogP contribution in [0.5, 0.6) is 0 Å². The summed E-state index contributed by atoms with van der Waals surface area (Å²) < 4.78 is 9.86. The predicted octanol–water partition coefficient (Wildman–Crippen LogP) is 4.71. The Bertz CT molecular complexity index is 1300. The van der Waals surface area contributed by atoms with E-state index in [0.717, 1.165) is 33.1 Å². The van der Waals surface area contributed by atoms with Gasteiger partial charge in [-0.15, -0.1) is 0 Å². The van der Waals surface area contributed by atoms with E-state index in [-0.39, 0.29) is 0 Å². The zero-order valence-electron chi connectivity index (χ0n) is 13.5. The van der Waals surface area contributed by atoms with E-state index >= 15 is 0 Å². The SMILES string of the molecule is [C-]#[N+]c1c2oc3ccccc3c2cc2c1[n+](C)[c-]n2-c1ccccc1. The molecule has 5 aromatic rings. The van der Waals surface area contributed by atoms with E-state index in [1.54, 1.807) is 0 Å². The molecule has 118 valence electrons. The highest BCUT2D eigenvalue weighted by molar-refractivity contribution is 6.15. The summed E-state index contributed by atoms with van der Waals surface area (Å²) in [7, 11) is 1.91. The van der Waals surface area contributed by atoms with Crippen molar-refractivity contribution in [3.8, 4) is 5.69 Å². The quantitative estimate of drug-likeness (QED) is 0.324. The van der Waals surface area contributed by atoms with E-state index in [1.807, 2.05) is 70.8 Å². The van der Waals surface area contributed by atoms with Gasteiger partial charge in [0.05, 0.1) is 24.8 Å². The number of aryl methyl sites for hydroxylation is 1. The molecule has 0 saturated heterocycles. The van der Waals surface area contributed by atoms with E-state index < -0.39 is 0 Å². The zero-order chi connectivity index (χ0) is 17.0. The lowest BCUT2D eigenvalue weighted by Crippen LogP contribution is -2.26. The molecule has 0 fully saturated rings. The lowest BCUT2D eigenvalue weighted by atomic mass is 10.1. The molecular formula is C21H13N3O. The molecule has 0 radical (unpaired) electrons. The van der Waals surface area contributed by atoms with Crippen molar-refractivity contribution in [3.05, 3.63) is 78.4 Å². The lowest BCUT2D eigenvalue weighted by molar-refractivity contribution is -0.649. The maximum Gasteiger partial charge on any atom is 0.243 e. The van der Waals surface area contributed by atoms with Gasteiger partial charge in [0, 0.05) is 16.3 Å². The number of imidazole rings is 1. The highest BCUT2D eigenvalue weighted by Gasteiger charge is 2.18. The Kier molecular flexibility index (Phi) is 2.74. The van der Waals surface area contributed by atoms with Crippen LogP contribution in [0.2, 0.25) is 0 Å². The van der Waals surface area contributed by atoms with E-state index in [9.17, 15) is 0 Å². The summed E-state index contributed by atoms with van der Waals surface area (Å²) in [5, 5.41) is 1.98. The van der Waals surface area contributed by atoms with Gasteiger partial charge < -0.3 is 13.6 Å². The van der Waals surface area contributed by atoms with Crippen molar-refractivity contribution >= 4 is 38.7 Å². The van der Waals surface area contributed by atoms with E-state index in [0.29, 0.717) is 11.3 Å². The largest absolute Gasteiger partial charge is 0.468 e. The Morgan fingerprint density at radius 3 is 2.60 bits per heavy atom. The monoisotopic (exact) mass is 323 g/mol. The van der Waals surface area contributed by atoms with Crippen LogP contribution in [0, 0.1) is 12.9 Å². The number of rotatable bonds is 1. The molecule has 0 saturated carbocycles. The molecule has 0 aliphatic heterocycles. The molecule has 0 unspecified atom stereocenters. The van der Waals surface area contributed by atoms with Crippen LogP contribution in [0.1, 0.15) is 0 Å². The molecule has 0 atom stereocenters. The average molecular weight is 323 g/mol. The van der Waals surface area contributed by atoms with Crippen LogP contribution in [0.15, 0.2) is 65.1 Å². The van der Waals surface area contributed by atoms with Gasteiger partial charge >= 0.3 is 0 Å². The number of hydrogen-bond acceptors (Lipinski definition) is 1. The Morgan fingerprint density at radius 2 is 1.80 bits per heavy atom. The molecule has 25 heavy (non-hydrogen) atoms. The smallest absolute Gasteiger partial charge is 0.243 e. The normalized spacial score (nSPS) is 11.4.